The first kappa shape index (κ1) is 12.9. The van der Waals surface area contributed by atoms with E-state index in [0.717, 1.165) is 0 Å². The van der Waals surface area contributed by atoms with Crippen LogP contribution in [-0.2, 0) is 9.59 Å². The van der Waals surface area contributed by atoms with Gasteiger partial charge < -0.3 is 11.1 Å². The minimum absolute atomic E-state index is 0.121. The summed E-state index contributed by atoms with van der Waals surface area (Å²) in [5, 5.41) is 2.63. The van der Waals surface area contributed by atoms with Gasteiger partial charge in [-0.1, -0.05) is 27.7 Å². The van der Waals surface area contributed by atoms with E-state index in [-0.39, 0.29) is 11.8 Å². The van der Waals surface area contributed by atoms with Gasteiger partial charge in [0.2, 0.25) is 11.8 Å². The first-order valence-electron chi connectivity index (χ1n) is 4.94. The molecule has 0 saturated carbocycles. The van der Waals surface area contributed by atoms with Gasteiger partial charge in [0, 0.05) is 5.92 Å². The molecule has 4 heteroatoms. The number of hydrogen-bond acceptors (Lipinski definition) is 2. The van der Waals surface area contributed by atoms with Gasteiger partial charge in [-0.05, 0) is 12.3 Å². The Kier molecular flexibility index (Phi) is 5.20. The lowest BCUT2D eigenvalue weighted by Gasteiger charge is -2.18. The summed E-state index contributed by atoms with van der Waals surface area (Å²) in [6.07, 6.45) is 0.591. The highest BCUT2D eigenvalue weighted by atomic mass is 16.2. The molecule has 0 aromatic rings. The SMILES string of the molecule is CC(C)CC(NC(=O)C(C)C)C(N)=O. The highest BCUT2D eigenvalue weighted by Gasteiger charge is 2.20. The summed E-state index contributed by atoms with van der Waals surface area (Å²) in [6, 6.07) is -0.537. The summed E-state index contributed by atoms with van der Waals surface area (Å²) in [5.74, 6) is -0.383. The first-order valence-corrected chi connectivity index (χ1v) is 4.94. The maximum absolute atomic E-state index is 11.3. The lowest BCUT2D eigenvalue weighted by atomic mass is 10.0. The van der Waals surface area contributed by atoms with E-state index in [0.29, 0.717) is 12.3 Å². The van der Waals surface area contributed by atoms with Crippen LogP contribution in [0, 0.1) is 11.8 Å². The Morgan fingerprint density at radius 1 is 1.21 bits per heavy atom. The van der Waals surface area contributed by atoms with Crippen LogP contribution < -0.4 is 11.1 Å². The fourth-order valence-corrected chi connectivity index (χ4v) is 1.06. The van der Waals surface area contributed by atoms with Crippen molar-refractivity contribution in [2.75, 3.05) is 0 Å². The number of carbonyl (C=O) groups excluding carboxylic acids is 2. The van der Waals surface area contributed by atoms with E-state index < -0.39 is 11.9 Å². The summed E-state index contributed by atoms with van der Waals surface area (Å²) in [5.41, 5.74) is 5.18. The van der Waals surface area contributed by atoms with E-state index in [1.165, 1.54) is 0 Å². The van der Waals surface area contributed by atoms with Crippen molar-refractivity contribution in [3.05, 3.63) is 0 Å². The van der Waals surface area contributed by atoms with Crippen LogP contribution in [-0.4, -0.2) is 17.9 Å². The number of carbonyl (C=O) groups is 2. The lowest BCUT2D eigenvalue weighted by molar-refractivity contribution is -0.129. The number of amides is 2. The number of nitrogens with two attached hydrogens (primary N) is 1. The molecule has 82 valence electrons. The predicted molar refractivity (Wildman–Crippen MR) is 55.4 cm³/mol. The van der Waals surface area contributed by atoms with Crippen LogP contribution in [0.4, 0.5) is 0 Å². The van der Waals surface area contributed by atoms with Gasteiger partial charge in [-0.15, -0.1) is 0 Å². The predicted octanol–water partition coefficient (Wildman–Crippen LogP) is 0.659. The Morgan fingerprint density at radius 3 is 2.00 bits per heavy atom. The van der Waals surface area contributed by atoms with Crippen LogP contribution >= 0.6 is 0 Å². The standard InChI is InChI=1S/C10H20N2O2/c1-6(2)5-8(9(11)13)12-10(14)7(3)4/h6-8H,5H2,1-4H3,(H2,11,13)(H,12,14). The summed E-state index contributed by atoms with van der Waals surface area (Å²) >= 11 is 0. The Bertz CT molecular complexity index is 212. The molecular weight excluding hydrogens is 180 g/mol. The molecule has 0 saturated heterocycles. The van der Waals surface area contributed by atoms with Gasteiger partial charge in [0.1, 0.15) is 6.04 Å². The van der Waals surface area contributed by atoms with E-state index in [2.05, 4.69) is 5.32 Å². The summed E-state index contributed by atoms with van der Waals surface area (Å²) < 4.78 is 0. The molecule has 0 bridgehead atoms. The molecule has 0 rings (SSSR count). The zero-order valence-corrected chi connectivity index (χ0v) is 9.33. The van der Waals surface area contributed by atoms with Crippen LogP contribution in [0.25, 0.3) is 0 Å². The quantitative estimate of drug-likeness (QED) is 0.684. The minimum Gasteiger partial charge on any atom is -0.368 e. The van der Waals surface area contributed by atoms with Crippen molar-refractivity contribution in [2.45, 2.75) is 40.2 Å². The molecule has 0 spiro atoms. The van der Waals surface area contributed by atoms with E-state index in [4.69, 9.17) is 5.73 Å². The largest absolute Gasteiger partial charge is 0.368 e. The third-order valence-corrected chi connectivity index (χ3v) is 1.89. The molecule has 4 nitrogen and oxygen atoms in total. The number of primary amides is 1. The molecule has 2 amide bonds. The lowest BCUT2D eigenvalue weighted by Crippen LogP contribution is -2.46. The van der Waals surface area contributed by atoms with Gasteiger partial charge in [-0.2, -0.15) is 0 Å². The van der Waals surface area contributed by atoms with Crippen molar-refractivity contribution in [1.29, 1.82) is 0 Å². The van der Waals surface area contributed by atoms with Gasteiger partial charge in [0.15, 0.2) is 0 Å². The molecule has 0 aliphatic carbocycles. The topological polar surface area (TPSA) is 72.2 Å². The minimum atomic E-state index is -0.537. The summed E-state index contributed by atoms with van der Waals surface area (Å²) in [4.78, 5) is 22.3. The maximum atomic E-state index is 11.3. The highest BCUT2D eigenvalue weighted by molar-refractivity contribution is 5.87. The molecular formula is C10H20N2O2. The fourth-order valence-electron chi connectivity index (χ4n) is 1.06. The second kappa shape index (κ2) is 5.62. The van der Waals surface area contributed by atoms with Crippen molar-refractivity contribution in [3.63, 3.8) is 0 Å². The van der Waals surface area contributed by atoms with E-state index in [1.807, 2.05) is 13.8 Å². The molecule has 3 N–H and O–H groups in total. The summed E-state index contributed by atoms with van der Waals surface area (Å²) in [6.45, 7) is 7.53. The zero-order valence-electron chi connectivity index (χ0n) is 9.33. The first-order chi connectivity index (χ1) is 6.34. The maximum Gasteiger partial charge on any atom is 0.240 e. The monoisotopic (exact) mass is 200 g/mol. The Morgan fingerprint density at radius 2 is 1.71 bits per heavy atom. The molecule has 0 aliphatic heterocycles. The number of nitrogens with one attached hydrogen (secondary N) is 1. The van der Waals surface area contributed by atoms with Crippen molar-refractivity contribution in [1.82, 2.24) is 5.32 Å². The van der Waals surface area contributed by atoms with E-state index in [9.17, 15) is 9.59 Å². The Labute approximate surface area is 85.2 Å². The van der Waals surface area contributed by atoms with Gasteiger partial charge in [0.05, 0.1) is 0 Å². The van der Waals surface area contributed by atoms with Gasteiger partial charge in [0.25, 0.3) is 0 Å². The highest BCUT2D eigenvalue weighted by Crippen LogP contribution is 2.05. The van der Waals surface area contributed by atoms with Gasteiger partial charge in [-0.25, -0.2) is 0 Å². The van der Waals surface area contributed by atoms with E-state index in [1.54, 1.807) is 13.8 Å². The zero-order chi connectivity index (χ0) is 11.3. The third kappa shape index (κ3) is 4.84. The second-order valence-corrected chi connectivity index (χ2v) is 4.25. The molecule has 0 radical (unpaired) electrons. The van der Waals surface area contributed by atoms with Gasteiger partial charge >= 0.3 is 0 Å². The third-order valence-electron chi connectivity index (χ3n) is 1.89. The molecule has 0 aliphatic rings. The molecule has 1 atom stereocenters. The molecule has 0 aromatic heterocycles. The van der Waals surface area contributed by atoms with Crippen molar-refractivity contribution < 1.29 is 9.59 Å². The fraction of sp³-hybridized carbons (Fsp3) is 0.800. The van der Waals surface area contributed by atoms with E-state index >= 15 is 0 Å². The molecule has 1 unspecified atom stereocenters. The van der Waals surface area contributed by atoms with Crippen LogP contribution in [0.15, 0.2) is 0 Å². The molecule has 14 heavy (non-hydrogen) atoms. The molecule has 0 aromatic carbocycles. The average molecular weight is 200 g/mol. The molecule has 0 fully saturated rings. The Balaban J connectivity index is 4.23. The average Bonchev–Trinajstić information content (AvgIpc) is 2.01. The normalized spacial score (nSPS) is 13.0. The van der Waals surface area contributed by atoms with Crippen LogP contribution in [0.5, 0.6) is 0 Å². The van der Waals surface area contributed by atoms with Gasteiger partial charge in [-0.3, -0.25) is 9.59 Å². The second-order valence-electron chi connectivity index (χ2n) is 4.25. The number of hydrogen-bond donors (Lipinski definition) is 2. The van der Waals surface area contributed by atoms with Crippen LogP contribution in [0.1, 0.15) is 34.1 Å². The van der Waals surface area contributed by atoms with Crippen molar-refractivity contribution in [2.24, 2.45) is 17.6 Å². The number of rotatable bonds is 5. The Hall–Kier alpha value is -1.06. The van der Waals surface area contributed by atoms with Crippen LogP contribution in [0.2, 0.25) is 0 Å². The van der Waals surface area contributed by atoms with Crippen LogP contribution in [0.3, 0.4) is 0 Å². The molecule has 0 heterocycles. The summed E-state index contributed by atoms with van der Waals surface area (Å²) in [7, 11) is 0. The smallest absolute Gasteiger partial charge is 0.240 e. The van der Waals surface area contributed by atoms with Crippen molar-refractivity contribution in [3.8, 4) is 0 Å². The van der Waals surface area contributed by atoms with Crippen molar-refractivity contribution >= 4 is 11.8 Å².